The van der Waals surface area contributed by atoms with E-state index < -0.39 is 196 Å². The van der Waals surface area contributed by atoms with Crippen molar-refractivity contribution in [2.24, 2.45) is 0 Å². The van der Waals surface area contributed by atoms with Crippen LogP contribution in [0.15, 0.2) is 145 Å². The van der Waals surface area contributed by atoms with Crippen LogP contribution in [0.3, 0.4) is 0 Å². The zero-order chi connectivity index (χ0) is 114. The summed E-state index contributed by atoms with van der Waals surface area (Å²) in [4.78, 5) is 0. The van der Waals surface area contributed by atoms with Crippen LogP contribution in [0.25, 0.3) is 0 Å². The summed E-state index contributed by atoms with van der Waals surface area (Å²) in [6, 6.07) is -9.51. The van der Waals surface area contributed by atoms with Gasteiger partial charge in [0.2, 0.25) is 0 Å². The number of hydrogen-bond donors (Lipinski definition) is 4. The molecule has 16 nitrogen and oxygen atoms in total. The van der Waals surface area contributed by atoms with E-state index in [0.29, 0.717) is 44.5 Å². The van der Waals surface area contributed by atoms with Crippen molar-refractivity contribution in [3.63, 3.8) is 0 Å². The summed E-state index contributed by atoms with van der Waals surface area (Å²) >= 11 is 0. The smallest absolute Gasteiger partial charge is 0.160 e. The average Bonchev–Trinajstić information content (AvgIpc) is 0.766. The molecule has 0 aliphatic carbocycles. The summed E-state index contributed by atoms with van der Waals surface area (Å²) in [7, 11) is -7.57. The molecule has 0 aromatic heterocycles. The minimum absolute atomic E-state index is 0.00682. The third kappa shape index (κ3) is 31.3. The minimum Gasteiger partial charge on any atom is -0.493 e. The molecule has 8 aromatic carbocycles. The Labute approximate surface area is 683 Å². The fraction of sp³-hybridized carbons (Fsp3) is 0.455. The van der Waals surface area contributed by atoms with Crippen LogP contribution in [0.2, 0.25) is 0 Å². The summed E-state index contributed by atoms with van der Waals surface area (Å²) in [6.07, 6.45) is -14.3. The third-order valence-corrected chi connectivity index (χ3v) is 14.9. The molecule has 0 radical (unpaired) electrons. The van der Waals surface area contributed by atoms with Crippen LogP contribution in [0.5, 0.6) is 69.0 Å². The number of methoxy groups -OCH3 is 8. The van der Waals surface area contributed by atoms with E-state index in [0.717, 1.165) is 14.2 Å². The van der Waals surface area contributed by atoms with E-state index in [9.17, 15) is 20.4 Å². The van der Waals surface area contributed by atoms with Crippen molar-refractivity contribution in [2.75, 3.05) is 83.0 Å². The highest BCUT2D eigenvalue weighted by Crippen LogP contribution is 2.33. The lowest BCUT2D eigenvalue weighted by molar-refractivity contribution is 0.0975. The number of benzene rings is 8. The SMILES string of the molecule is [2H]c1c([2H])c(OCC(O)CCCC([2H])([2H])c2c([2H])c([2H])c(OC([2H])([2H])[2H])c(OC([2H])([2H])[2H])c2[2H])c([2H])c(C)c1C.[2H]c1c([2H])c(OCC(O)CCCC([2H])([2H])c2c([2H])c([2H])c(OC([2H])([2H])[2H])c(OC)c2[2H])c([2H])c(C)c1C.[2H]c1c([2H])c(OCC(O)CCCC([2H])([2H])c2c([2H])c([2H])c(OC)c(OC([2H])([2H])[2H])c2[2H])c([2H])c(C)c1C.[2H]c1c([2H])c(OCC(O)CCCC([2H])([2H])c2c([2H])c([2H])c(OC)c(OC)c2[2H])c([2H])c(C)c1C. The van der Waals surface area contributed by atoms with Gasteiger partial charge in [-0.15, -0.1) is 0 Å². The van der Waals surface area contributed by atoms with Gasteiger partial charge in [-0.3, -0.25) is 0 Å². The summed E-state index contributed by atoms with van der Waals surface area (Å²) in [5.74, 6) is -4.93. The Morgan fingerprint density at radius 2 is 0.481 bits per heavy atom. The van der Waals surface area contributed by atoms with E-state index in [2.05, 4.69) is 4.74 Å². The van der Waals surface area contributed by atoms with Crippen molar-refractivity contribution in [1.29, 1.82) is 0 Å². The van der Waals surface area contributed by atoms with Gasteiger partial charge in [0.15, 0.2) is 46.0 Å². The topological polar surface area (TPSA) is 192 Å². The standard InChI is InChI=1S/4C22H30O4/c4*1-16-9-11-20(13-17(16)2)26-15-19(23)8-6-5-7-18-10-12-21(24-3)22(14-18)25-4/h4*9-14,19,23H,5-8,15H2,1-4H3/i3D3,4D3,7D2,9D,10D,11D,12D,13D,14D;4D3,7D2,9D,10D,11D,12D,13D,14D;3D3,7D2,9D,10D,11D,12D,13D,14D;7D2,9D,10D,11D,12D,13D,14D. The normalized spacial score (nSPS) is 19.0. The quantitative estimate of drug-likeness (QED) is 0.0283. The molecule has 4 unspecified atom stereocenters. The lowest BCUT2D eigenvalue weighted by Crippen LogP contribution is -2.17. The van der Waals surface area contributed by atoms with Crippen molar-refractivity contribution < 1.29 is 138 Å². The van der Waals surface area contributed by atoms with E-state index in [4.69, 9.17) is 112 Å². The Hall–Kier alpha value is -8.80. The van der Waals surface area contributed by atoms with Gasteiger partial charge >= 0.3 is 0 Å². The molecule has 0 bridgehead atoms. The molecule has 0 spiro atoms. The third-order valence-electron chi connectivity index (χ3n) is 14.9. The zero-order valence-corrected chi connectivity index (χ0v) is 60.3. The van der Waals surface area contributed by atoms with Crippen LogP contribution in [-0.2, 0) is 25.5 Å². The van der Waals surface area contributed by atoms with Gasteiger partial charge in [0.05, 0.1) is 130 Å². The van der Waals surface area contributed by atoms with E-state index in [-0.39, 0.29) is 222 Å². The zero-order valence-electron chi connectivity index (χ0n) is 104. The molecule has 0 saturated carbocycles. The van der Waals surface area contributed by atoms with Crippen molar-refractivity contribution in [2.45, 2.75) is 182 Å². The highest BCUT2D eigenvalue weighted by Gasteiger charge is 2.14. The van der Waals surface area contributed by atoms with Crippen molar-refractivity contribution in [3.8, 4) is 69.0 Å². The maximum atomic E-state index is 10.3. The first-order valence-electron chi connectivity index (χ1n) is 54.8. The molecular formula is C88H120O16. The summed E-state index contributed by atoms with van der Waals surface area (Å²) < 4.78 is 410. The first kappa shape index (κ1) is 41.2. The maximum Gasteiger partial charge on any atom is 0.160 e. The van der Waals surface area contributed by atoms with Crippen molar-refractivity contribution in [1.82, 2.24) is 0 Å². The molecular weight excluding hydrogens is 1310 g/mol. The first-order chi connectivity index (χ1) is 67.8. The molecule has 0 aliphatic heterocycles. The number of hydrogen-bond acceptors (Lipinski definition) is 16. The van der Waals surface area contributed by atoms with E-state index in [1.807, 2.05) is 0 Å². The maximum absolute atomic E-state index is 10.3. The Bertz CT molecular complexity index is 5910. The Balaban J connectivity index is 0.000000347. The molecule has 0 saturated heterocycles. The molecule has 16 heteroatoms. The number of ether oxygens (including phenoxy) is 12. The molecule has 104 heavy (non-hydrogen) atoms. The fourth-order valence-corrected chi connectivity index (χ4v) is 8.43. The average molecular weight is 1480 g/mol. The molecule has 8 aromatic rings. The van der Waals surface area contributed by atoms with E-state index >= 15 is 0 Å². The Morgan fingerprint density at radius 1 is 0.269 bits per heavy atom. The van der Waals surface area contributed by atoms with E-state index in [1.165, 1.54) is 14.2 Å². The van der Waals surface area contributed by atoms with Crippen molar-refractivity contribution >= 4 is 0 Å². The van der Waals surface area contributed by atoms with Gasteiger partial charge in [0.1, 0.15) is 49.4 Å². The molecule has 4 N–H and O–H groups in total. The predicted molar refractivity (Wildman–Crippen MR) is 418 cm³/mol. The highest BCUT2D eigenvalue weighted by atomic mass is 16.5. The lowest BCUT2D eigenvalue weighted by atomic mass is 10.0. The van der Waals surface area contributed by atoms with Crippen LogP contribution < -0.4 is 56.8 Å². The van der Waals surface area contributed by atoms with Gasteiger partial charge in [0.25, 0.3) is 0 Å². The molecule has 8 rings (SSSR count). The molecule has 4 atom stereocenters. The van der Waals surface area contributed by atoms with Gasteiger partial charge in [-0.25, -0.2) is 0 Å². The summed E-state index contributed by atoms with van der Waals surface area (Å²) in [5.41, 5.74) is 1.98. The monoisotopic (exact) mass is 1480 g/mol. The van der Waals surface area contributed by atoms with Gasteiger partial charge in [-0.05, 0) is 296 Å². The second kappa shape index (κ2) is 47.5. The van der Waals surface area contributed by atoms with Crippen LogP contribution in [0, 0.1) is 55.4 Å². The molecule has 0 amide bonds. The largest absolute Gasteiger partial charge is 0.493 e. The molecule has 568 valence electrons. The summed E-state index contributed by atoms with van der Waals surface area (Å²) in [6.45, 7) is 11.9. The summed E-state index contributed by atoms with van der Waals surface area (Å²) in [5, 5.41) is 41.3. The minimum atomic E-state index is -3.21. The van der Waals surface area contributed by atoms with Crippen molar-refractivity contribution in [3.05, 3.63) is 212 Å². The molecule has 0 fully saturated rings. The van der Waals surface area contributed by atoms with Gasteiger partial charge in [-0.1, -0.05) is 74.0 Å². The molecule has 0 heterocycles. The van der Waals surface area contributed by atoms with Gasteiger partial charge in [-0.2, -0.15) is 0 Å². The van der Waals surface area contributed by atoms with Crippen LogP contribution in [0.4, 0.5) is 0 Å². The van der Waals surface area contributed by atoms with Gasteiger partial charge in [0, 0.05) is 11.0 Å². The first-order valence-corrected chi connectivity index (χ1v) is 32.8. The van der Waals surface area contributed by atoms with Gasteiger partial charge < -0.3 is 77.3 Å². The van der Waals surface area contributed by atoms with Crippen LogP contribution >= 0.6 is 0 Å². The van der Waals surface area contributed by atoms with Crippen LogP contribution in [-0.4, -0.2) is 128 Å². The second-order valence-corrected chi connectivity index (χ2v) is 22.8. The van der Waals surface area contributed by atoms with E-state index in [1.54, 1.807) is 55.4 Å². The number of rotatable bonds is 40. The number of aliphatic hydroxyl groups is 4. The predicted octanol–water partition coefficient (Wildman–Crippen LogP) is 17.9. The molecule has 0 aliphatic rings. The second-order valence-electron chi connectivity index (χ2n) is 22.8. The Morgan fingerprint density at radius 3 is 0.702 bits per heavy atom. The Kier molecular flexibility index (Phi) is 18.8. The fourth-order valence-electron chi connectivity index (χ4n) is 8.43. The lowest BCUT2D eigenvalue weighted by Gasteiger charge is -2.13. The van der Waals surface area contributed by atoms with Crippen LogP contribution in [0.1, 0.15) is 204 Å². The highest BCUT2D eigenvalue weighted by molar-refractivity contribution is 5.46. The number of aliphatic hydroxyl groups excluding tert-OH is 4.